The molecule has 1 aromatic heterocycles. The highest BCUT2D eigenvalue weighted by Crippen LogP contribution is 2.23. The lowest BCUT2D eigenvalue weighted by atomic mass is 10.0. The van der Waals surface area contributed by atoms with E-state index in [4.69, 9.17) is 9.15 Å². The molecule has 0 aliphatic carbocycles. The van der Waals surface area contributed by atoms with Crippen LogP contribution in [0.2, 0.25) is 0 Å². The predicted molar refractivity (Wildman–Crippen MR) is 115 cm³/mol. The van der Waals surface area contributed by atoms with E-state index < -0.39 is 0 Å². The van der Waals surface area contributed by atoms with Crippen LogP contribution in [-0.2, 0) is 4.74 Å². The maximum atomic E-state index is 5.95. The summed E-state index contributed by atoms with van der Waals surface area (Å²) in [6.45, 7) is 10.7. The average Bonchev–Trinajstić information content (AvgIpc) is 3.05. The molecule has 0 radical (unpaired) electrons. The summed E-state index contributed by atoms with van der Waals surface area (Å²) in [5.74, 6) is 3.72. The molecule has 0 aromatic carbocycles. The number of furan rings is 1. The number of hydrogen-bond donors (Lipinski definition) is 1. The number of nitrogens with zero attached hydrogens (tertiary/aromatic N) is 3. The van der Waals surface area contributed by atoms with Crippen LogP contribution in [0.5, 0.6) is 0 Å². The third kappa shape index (κ3) is 5.60. The molecule has 2 fully saturated rings. The number of halogens is 1. The number of aliphatic imine (C=N–C) groups is 1. The maximum Gasteiger partial charge on any atom is 0.193 e. The van der Waals surface area contributed by atoms with Crippen LogP contribution in [-0.4, -0.2) is 68.7 Å². The highest BCUT2D eigenvalue weighted by molar-refractivity contribution is 14.0. The van der Waals surface area contributed by atoms with E-state index in [2.05, 4.69) is 33.1 Å². The van der Waals surface area contributed by atoms with Crippen LogP contribution in [0.3, 0.4) is 0 Å². The van der Waals surface area contributed by atoms with Crippen LogP contribution < -0.4 is 5.32 Å². The minimum absolute atomic E-state index is 0. The summed E-state index contributed by atoms with van der Waals surface area (Å²) in [6.07, 6.45) is 2.56. The van der Waals surface area contributed by atoms with Crippen molar-refractivity contribution < 1.29 is 9.15 Å². The lowest BCUT2D eigenvalue weighted by Crippen LogP contribution is -2.49. The zero-order valence-corrected chi connectivity index (χ0v) is 18.6. The number of ether oxygens (including phenoxy) is 1. The van der Waals surface area contributed by atoms with Crippen molar-refractivity contribution in [2.24, 2.45) is 10.9 Å². The molecule has 2 aliphatic heterocycles. The topological polar surface area (TPSA) is 53.2 Å². The third-order valence-corrected chi connectivity index (χ3v) is 5.20. The molecule has 1 N–H and O–H groups in total. The van der Waals surface area contributed by atoms with Gasteiger partial charge in [-0.15, -0.1) is 24.0 Å². The lowest BCUT2D eigenvalue weighted by Gasteiger charge is -2.36. The van der Waals surface area contributed by atoms with Gasteiger partial charge in [0.1, 0.15) is 11.5 Å². The normalized spacial score (nSPS) is 23.4. The first-order valence-corrected chi connectivity index (χ1v) is 9.51. The second kappa shape index (κ2) is 10.5. The Morgan fingerprint density at radius 1 is 1.31 bits per heavy atom. The van der Waals surface area contributed by atoms with Gasteiger partial charge in [-0.1, -0.05) is 6.92 Å². The zero-order valence-electron chi connectivity index (χ0n) is 16.2. The highest BCUT2D eigenvalue weighted by Gasteiger charge is 2.26. The molecule has 2 unspecified atom stereocenters. The SMILES string of the molecule is CN=C(NCC(c1ccc(C)o1)N1CCOCC1)N1CCCC(C)C1.I. The molecule has 2 atom stereocenters. The number of piperidine rings is 1. The zero-order chi connectivity index (χ0) is 17.6. The summed E-state index contributed by atoms with van der Waals surface area (Å²) in [5.41, 5.74) is 0. The molecule has 0 spiro atoms. The number of rotatable bonds is 4. The van der Waals surface area contributed by atoms with Crippen molar-refractivity contribution in [3.05, 3.63) is 23.7 Å². The molecule has 3 rings (SSSR count). The number of guanidine groups is 1. The largest absolute Gasteiger partial charge is 0.465 e. The van der Waals surface area contributed by atoms with Gasteiger partial charge in [0, 0.05) is 39.8 Å². The Morgan fingerprint density at radius 2 is 2.08 bits per heavy atom. The number of hydrogen-bond acceptors (Lipinski definition) is 4. The van der Waals surface area contributed by atoms with Gasteiger partial charge in [-0.25, -0.2) is 0 Å². The van der Waals surface area contributed by atoms with Crippen LogP contribution in [0, 0.1) is 12.8 Å². The van der Waals surface area contributed by atoms with Gasteiger partial charge in [0.2, 0.25) is 0 Å². The second-order valence-corrected chi connectivity index (χ2v) is 7.23. The second-order valence-electron chi connectivity index (χ2n) is 7.23. The van der Waals surface area contributed by atoms with Crippen molar-refractivity contribution in [3.8, 4) is 0 Å². The number of likely N-dealkylation sites (tertiary alicyclic amines) is 1. The standard InChI is InChI=1S/C19H32N4O2.HI/c1-15-5-4-8-23(14-15)19(20-3)21-13-17(18-7-6-16(2)25-18)22-9-11-24-12-10-22;/h6-7,15,17H,4-5,8-14H2,1-3H3,(H,20,21);1H. The van der Waals surface area contributed by atoms with Gasteiger partial charge in [-0.3, -0.25) is 9.89 Å². The van der Waals surface area contributed by atoms with E-state index in [1.54, 1.807) is 0 Å². The minimum atomic E-state index is 0. The summed E-state index contributed by atoms with van der Waals surface area (Å²) in [4.78, 5) is 9.35. The highest BCUT2D eigenvalue weighted by atomic mass is 127. The number of morpholine rings is 1. The van der Waals surface area contributed by atoms with Crippen LogP contribution >= 0.6 is 24.0 Å². The first kappa shape index (κ1) is 21.5. The average molecular weight is 476 g/mol. The van der Waals surface area contributed by atoms with Crippen LogP contribution in [0.4, 0.5) is 0 Å². The smallest absolute Gasteiger partial charge is 0.193 e. The van der Waals surface area contributed by atoms with Gasteiger partial charge in [-0.2, -0.15) is 0 Å². The monoisotopic (exact) mass is 476 g/mol. The summed E-state index contributed by atoms with van der Waals surface area (Å²) < 4.78 is 11.5. The van der Waals surface area contributed by atoms with Crippen LogP contribution in [0.15, 0.2) is 21.5 Å². The van der Waals surface area contributed by atoms with E-state index in [0.717, 1.165) is 69.3 Å². The Morgan fingerprint density at radius 3 is 2.69 bits per heavy atom. The molecule has 3 heterocycles. The Hall–Kier alpha value is -0.800. The van der Waals surface area contributed by atoms with Gasteiger partial charge < -0.3 is 19.4 Å². The number of nitrogens with one attached hydrogen (secondary N) is 1. The molecule has 0 bridgehead atoms. The fraction of sp³-hybridized carbons (Fsp3) is 0.737. The maximum absolute atomic E-state index is 5.95. The molecular weight excluding hydrogens is 443 g/mol. The van der Waals surface area contributed by atoms with Crippen molar-refractivity contribution in [1.82, 2.24) is 15.1 Å². The van der Waals surface area contributed by atoms with Crippen LogP contribution in [0.1, 0.15) is 37.3 Å². The van der Waals surface area contributed by atoms with Crippen molar-refractivity contribution >= 4 is 29.9 Å². The number of aryl methyl sites for hydroxylation is 1. The summed E-state index contributed by atoms with van der Waals surface area (Å²) in [7, 11) is 1.88. The summed E-state index contributed by atoms with van der Waals surface area (Å²) in [6, 6.07) is 4.35. The first-order valence-electron chi connectivity index (χ1n) is 9.51. The quantitative estimate of drug-likeness (QED) is 0.412. The molecular formula is C19H33IN4O2. The Kier molecular flexibility index (Phi) is 8.69. The molecule has 0 amide bonds. The van der Waals surface area contributed by atoms with E-state index in [1.807, 2.05) is 20.0 Å². The fourth-order valence-corrected chi connectivity index (χ4v) is 3.83. The third-order valence-electron chi connectivity index (χ3n) is 5.20. The van der Waals surface area contributed by atoms with Crippen molar-refractivity contribution in [3.63, 3.8) is 0 Å². The van der Waals surface area contributed by atoms with E-state index in [-0.39, 0.29) is 30.0 Å². The molecule has 148 valence electrons. The molecule has 6 nitrogen and oxygen atoms in total. The van der Waals surface area contributed by atoms with E-state index in [0.29, 0.717) is 0 Å². The minimum Gasteiger partial charge on any atom is -0.465 e. The molecule has 2 aliphatic rings. The molecule has 26 heavy (non-hydrogen) atoms. The van der Waals surface area contributed by atoms with Crippen molar-refractivity contribution in [1.29, 1.82) is 0 Å². The molecule has 2 saturated heterocycles. The summed E-state index contributed by atoms with van der Waals surface area (Å²) >= 11 is 0. The Labute approximate surface area is 174 Å². The van der Waals surface area contributed by atoms with E-state index in [1.165, 1.54) is 12.8 Å². The Balaban J connectivity index is 0.00000243. The van der Waals surface area contributed by atoms with Gasteiger partial charge in [0.15, 0.2) is 5.96 Å². The summed E-state index contributed by atoms with van der Waals surface area (Å²) in [5, 5.41) is 3.60. The molecule has 0 saturated carbocycles. The Bertz CT molecular complexity index is 572. The van der Waals surface area contributed by atoms with Crippen LogP contribution in [0.25, 0.3) is 0 Å². The molecule has 7 heteroatoms. The van der Waals surface area contributed by atoms with Gasteiger partial charge in [0.05, 0.1) is 19.3 Å². The van der Waals surface area contributed by atoms with Gasteiger partial charge in [-0.05, 0) is 37.8 Å². The first-order chi connectivity index (χ1) is 12.2. The lowest BCUT2D eigenvalue weighted by molar-refractivity contribution is 0.0123. The van der Waals surface area contributed by atoms with Gasteiger partial charge in [0.25, 0.3) is 0 Å². The fourth-order valence-electron chi connectivity index (χ4n) is 3.83. The van der Waals surface area contributed by atoms with Gasteiger partial charge >= 0.3 is 0 Å². The van der Waals surface area contributed by atoms with E-state index >= 15 is 0 Å². The molecule has 1 aromatic rings. The van der Waals surface area contributed by atoms with Crippen molar-refractivity contribution in [2.45, 2.75) is 32.7 Å². The van der Waals surface area contributed by atoms with E-state index in [9.17, 15) is 0 Å². The van der Waals surface area contributed by atoms with Crippen molar-refractivity contribution in [2.75, 3.05) is 53.0 Å². The predicted octanol–water partition coefficient (Wildman–Crippen LogP) is 2.89.